The van der Waals surface area contributed by atoms with Crippen LogP contribution in [0.2, 0.25) is 10.0 Å². The highest BCUT2D eigenvalue weighted by molar-refractivity contribution is 6.36. The fourth-order valence-corrected chi connectivity index (χ4v) is 3.71. The Balaban J connectivity index is 1.68. The van der Waals surface area contributed by atoms with Crippen LogP contribution in [0, 0.1) is 0 Å². The molecule has 168 valence electrons. The van der Waals surface area contributed by atoms with Gasteiger partial charge in [-0.2, -0.15) is 4.68 Å². The van der Waals surface area contributed by atoms with E-state index < -0.39 is 12.1 Å². The first kappa shape index (κ1) is 22.6. The number of carbonyl (C=O) groups excluding carboxylic acids is 1. The summed E-state index contributed by atoms with van der Waals surface area (Å²) in [5.74, 6) is 0.941. The van der Waals surface area contributed by atoms with Gasteiger partial charge in [-0.15, -0.1) is 5.10 Å². The summed E-state index contributed by atoms with van der Waals surface area (Å²) in [5, 5.41) is 15.6. The Morgan fingerprint density at radius 3 is 2.76 bits per heavy atom. The van der Waals surface area contributed by atoms with Crippen LogP contribution in [-0.4, -0.2) is 36.3 Å². The van der Waals surface area contributed by atoms with Crippen LogP contribution in [0.25, 0.3) is 16.8 Å². The second-order valence-corrected chi connectivity index (χ2v) is 7.93. The van der Waals surface area contributed by atoms with Crippen molar-refractivity contribution in [2.45, 2.75) is 26.3 Å². The largest absolute Gasteiger partial charge is 0.413 e. The molecule has 2 aromatic heterocycles. The number of rotatable bonds is 6. The number of nitrogens with zero attached hydrogens (tertiary/aromatic N) is 6. The summed E-state index contributed by atoms with van der Waals surface area (Å²) >= 11 is 12.5. The SMILES string of the molecule is CCc1nnnn1-c1cc(OC(=O)NC(C)c2cnccn2)cc(-c2ccc(Cl)cc2Cl)c1. The standard InChI is InChI=1S/C22H19Cl2N7O2/c1-3-21-28-29-30-31(21)16-8-14(18-5-4-15(23)10-19(18)24)9-17(11-16)33-22(32)27-13(2)20-12-25-6-7-26-20/h4-13H,3H2,1-2H3,(H,27,32). The lowest BCUT2D eigenvalue weighted by molar-refractivity contribution is 0.196. The van der Waals surface area contributed by atoms with Gasteiger partial charge in [0.15, 0.2) is 5.82 Å². The van der Waals surface area contributed by atoms with Crippen molar-refractivity contribution >= 4 is 29.3 Å². The summed E-state index contributed by atoms with van der Waals surface area (Å²) in [6.45, 7) is 3.73. The van der Waals surface area contributed by atoms with Crippen molar-refractivity contribution in [2.75, 3.05) is 0 Å². The Bertz CT molecular complexity index is 1280. The van der Waals surface area contributed by atoms with Crippen LogP contribution >= 0.6 is 23.2 Å². The molecule has 0 radical (unpaired) electrons. The second kappa shape index (κ2) is 9.93. The van der Waals surface area contributed by atoms with Gasteiger partial charge in [-0.05, 0) is 47.2 Å². The maximum absolute atomic E-state index is 12.6. The maximum atomic E-state index is 12.6. The highest BCUT2D eigenvalue weighted by Gasteiger charge is 2.16. The average Bonchev–Trinajstić information content (AvgIpc) is 3.28. The third kappa shape index (κ3) is 5.27. The zero-order valence-electron chi connectivity index (χ0n) is 17.7. The fraction of sp³-hybridized carbons (Fsp3) is 0.182. The van der Waals surface area contributed by atoms with E-state index in [0.717, 1.165) is 0 Å². The van der Waals surface area contributed by atoms with Crippen LogP contribution < -0.4 is 10.1 Å². The number of aryl methyl sites for hydroxylation is 1. The van der Waals surface area contributed by atoms with Crippen LogP contribution in [0.3, 0.4) is 0 Å². The first-order valence-corrected chi connectivity index (χ1v) is 10.8. The van der Waals surface area contributed by atoms with E-state index >= 15 is 0 Å². The molecule has 0 saturated carbocycles. The van der Waals surface area contributed by atoms with Crippen molar-refractivity contribution in [1.82, 2.24) is 35.5 Å². The van der Waals surface area contributed by atoms with E-state index in [4.69, 9.17) is 27.9 Å². The number of amides is 1. The number of tetrazole rings is 1. The van der Waals surface area contributed by atoms with Gasteiger partial charge >= 0.3 is 6.09 Å². The zero-order valence-corrected chi connectivity index (χ0v) is 19.2. The van der Waals surface area contributed by atoms with Gasteiger partial charge in [0.05, 0.1) is 23.6 Å². The Labute approximate surface area is 199 Å². The van der Waals surface area contributed by atoms with Crippen LogP contribution in [-0.2, 0) is 6.42 Å². The number of aromatic nitrogens is 6. The monoisotopic (exact) mass is 483 g/mol. The molecule has 4 rings (SSSR count). The van der Waals surface area contributed by atoms with Crippen LogP contribution in [0.5, 0.6) is 5.75 Å². The summed E-state index contributed by atoms with van der Waals surface area (Å²) in [6, 6.07) is 10.0. The second-order valence-electron chi connectivity index (χ2n) is 7.09. The van der Waals surface area contributed by atoms with Gasteiger partial charge in [0.2, 0.25) is 0 Å². The summed E-state index contributed by atoms with van der Waals surface area (Å²) in [4.78, 5) is 20.8. The molecule has 0 saturated heterocycles. The van der Waals surface area contributed by atoms with E-state index in [-0.39, 0.29) is 5.75 Å². The maximum Gasteiger partial charge on any atom is 0.413 e. The number of hydrogen-bond donors (Lipinski definition) is 1. The summed E-state index contributed by atoms with van der Waals surface area (Å²) in [6.07, 6.45) is 4.67. The fourth-order valence-electron chi connectivity index (χ4n) is 3.19. The van der Waals surface area contributed by atoms with Gasteiger partial charge in [-0.25, -0.2) is 4.79 Å². The van der Waals surface area contributed by atoms with Crippen LogP contribution in [0.4, 0.5) is 4.79 Å². The zero-order chi connectivity index (χ0) is 23.4. The molecule has 0 bridgehead atoms. The Morgan fingerprint density at radius 1 is 1.18 bits per heavy atom. The highest BCUT2D eigenvalue weighted by atomic mass is 35.5. The van der Waals surface area contributed by atoms with Crippen molar-refractivity contribution in [2.24, 2.45) is 0 Å². The lowest BCUT2D eigenvalue weighted by Crippen LogP contribution is -2.30. The van der Waals surface area contributed by atoms with Gasteiger partial charge < -0.3 is 10.1 Å². The van der Waals surface area contributed by atoms with Crippen molar-refractivity contribution in [1.29, 1.82) is 0 Å². The van der Waals surface area contributed by atoms with Crippen LogP contribution in [0.1, 0.15) is 31.4 Å². The van der Waals surface area contributed by atoms with Gasteiger partial charge in [0, 0.05) is 40.5 Å². The average molecular weight is 484 g/mol. The molecule has 9 nitrogen and oxygen atoms in total. The van der Waals surface area contributed by atoms with Crippen molar-refractivity contribution < 1.29 is 9.53 Å². The molecule has 0 fully saturated rings. The molecule has 1 N–H and O–H groups in total. The van der Waals surface area contributed by atoms with Crippen LogP contribution in [0.15, 0.2) is 55.0 Å². The molecular formula is C22H19Cl2N7O2. The quantitative estimate of drug-likeness (QED) is 0.417. The molecule has 0 aliphatic rings. The topological polar surface area (TPSA) is 108 Å². The number of halogens is 2. The molecule has 1 unspecified atom stereocenters. The normalized spacial score (nSPS) is 11.8. The van der Waals surface area contributed by atoms with E-state index in [1.807, 2.05) is 13.0 Å². The number of benzene rings is 2. The summed E-state index contributed by atoms with van der Waals surface area (Å²) in [5.41, 5.74) is 2.65. The Kier molecular flexibility index (Phi) is 6.81. The molecule has 1 amide bonds. The first-order chi connectivity index (χ1) is 15.9. The predicted molar refractivity (Wildman–Crippen MR) is 124 cm³/mol. The smallest absolute Gasteiger partial charge is 0.410 e. The molecule has 4 aromatic rings. The van der Waals surface area contributed by atoms with E-state index in [2.05, 4.69) is 30.8 Å². The molecule has 11 heteroatoms. The Morgan fingerprint density at radius 2 is 2.03 bits per heavy atom. The lowest BCUT2D eigenvalue weighted by Gasteiger charge is -2.15. The van der Waals surface area contributed by atoms with E-state index in [1.165, 1.54) is 0 Å². The minimum absolute atomic E-state index is 0.287. The first-order valence-electron chi connectivity index (χ1n) is 10.1. The number of nitrogens with one attached hydrogen (secondary N) is 1. The lowest BCUT2D eigenvalue weighted by atomic mass is 10.0. The predicted octanol–water partition coefficient (Wildman–Crippen LogP) is 4.84. The number of ether oxygens (including phenoxy) is 1. The molecule has 2 heterocycles. The van der Waals surface area contributed by atoms with Crippen molar-refractivity contribution in [3.05, 3.63) is 76.6 Å². The molecule has 2 aromatic carbocycles. The van der Waals surface area contributed by atoms with Crippen molar-refractivity contribution in [3.63, 3.8) is 0 Å². The van der Waals surface area contributed by atoms with Gasteiger partial charge in [0.25, 0.3) is 0 Å². The highest BCUT2D eigenvalue weighted by Crippen LogP contribution is 2.34. The molecule has 0 spiro atoms. The van der Waals surface area contributed by atoms with E-state index in [0.29, 0.717) is 44.8 Å². The van der Waals surface area contributed by atoms with E-state index in [1.54, 1.807) is 60.5 Å². The van der Waals surface area contributed by atoms with E-state index in [9.17, 15) is 4.79 Å². The third-order valence-corrected chi connectivity index (χ3v) is 5.35. The minimum atomic E-state index is -0.647. The summed E-state index contributed by atoms with van der Waals surface area (Å²) < 4.78 is 7.18. The van der Waals surface area contributed by atoms with Crippen molar-refractivity contribution in [3.8, 4) is 22.6 Å². The number of hydrogen-bond acceptors (Lipinski definition) is 7. The summed E-state index contributed by atoms with van der Waals surface area (Å²) in [7, 11) is 0. The molecule has 1 atom stereocenters. The molecule has 0 aliphatic carbocycles. The molecular weight excluding hydrogens is 465 g/mol. The molecule has 33 heavy (non-hydrogen) atoms. The van der Waals surface area contributed by atoms with Gasteiger partial charge in [0.1, 0.15) is 5.75 Å². The third-order valence-electron chi connectivity index (χ3n) is 4.80. The minimum Gasteiger partial charge on any atom is -0.410 e. The Hall–Kier alpha value is -3.56. The van der Waals surface area contributed by atoms with Gasteiger partial charge in [-0.3, -0.25) is 9.97 Å². The van der Waals surface area contributed by atoms with Gasteiger partial charge in [-0.1, -0.05) is 36.2 Å². The number of carbonyl (C=O) groups is 1. The molecule has 0 aliphatic heterocycles.